The van der Waals surface area contributed by atoms with E-state index >= 15 is 0 Å². The lowest BCUT2D eigenvalue weighted by Crippen LogP contribution is -2.17. The molecule has 0 aliphatic rings. The molecule has 1 rings (SSSR count). The van der Waals surface area contributed by atoms with E-state index in [0.717, 1.165) is 12.3 Å². The Hall–Kier alpha value is -1.55. The average molecular weight is 236 g/mol. The maximum absolute atomic E-state index is 10.5. The molecular formula is C13H20N2O2. The van der Waals surface area contributed by atoms with E-state index in [9.17, 15) is 4.79 Å². The second-order valence-corrected chi connectivity index (χ2v) is 3.91. The molecule has 4 heteroatoms. The molecule has 94 valence electrons. The Morgan fingerprint density at radius 3 is 2.59 bits per heavy atom. The van der Waals surface area contributed by atoms with Gasteiger partial charge in [0.15, 0.2) is 0 Å². The van der Waals surface area contributed by atoms with Crippen molar-refractivity contribution in [3.05, 3.63) is 29.8 Å². The van der Waals surface area contributed by atoms with E-state index in [1.807, 2.05) is 24.3 Å². The maximum Gasteiger partial charge on any atom is 0.220 e. The van der Waals surface area contributed by atoms with Crippen LogP contribution >= 0.6 is 0 Å². The molecule has 0 saturated carbocycles. The molecular weight excluding hydrogens is 216 g/mol. The number of rotatable bonds is 7. The average Bonchev–Trinajstić information content (AvgIpc) is 2.30. The van der Waals surface area contributed by atoms with Gasteiger partial charge in [0.25, 0.3) is 0 Å². The van der Waals surface area contributed by atoms with Gasteiger partial charge in [-0.15, -0.1) is 0 Å². The molecule has 0 radical (unpaired) electrons. The first-order valence-electron chi connectivity index (χ1n) is 5.88. The van der Waals surface area contributed by atoms with Gasteiger partial charge in [-0.05, 0) is 31.2 Å². The lowest BCUT2D eigenvalue weighted by atomic mass is 10.1. The van der Waals surface area contributed by atoms with Crippen LogP contribution < -0.4 is 15.8 Å². The van der Waals surface area contributed by atoms with Crippen molar-refractivity contribution in [2.45, 2.75) is 26.3 Å². The normalized spacial score (nSPS) is 12.1. The number of carbonyl (C=O) groups excluding carboxylic acids is 1. The molecule has 1 aromatic rings. The summed E-state index contributed by atoms with van der Waals surface area (Å²) in [7, 11) is 0. The molecule has 4 nitrogen and oxygen atoms in total. The highest BCUT2D eigenvalue weighted by atomic mass is 16.5. The summed E-state index contributed by atoms with van der Waals surface area (Å²) in [6.07, 6.45) is 0.246. The minimum Gasteiger partial charge on any atom is -0.493 e. The largest absolute Gasteiger partial charge is 0.493 e. The van der Waals surface area contributed by atoms with Crippen LogP contribution in [0.25, 0.3) is 0 Å². The second kappa shape index (κ2) is 6.91. The summed E-state index contributed by atoms with van der Waals surface area (Å²) in [5.41, 5.74) is 6.24. The van der Waals surface area contributed by atoms with Crippen molar-refractivity contribution in [2.24, 2.45) is 5.73 Å². The van der Waals surface area contributed by atoms with Gasteiger partial charge < -0.3 is 15.8 Å². The minimum absolute atomic E-state index is 0.246. The molecule has 0 heterocycles. The van der Waals surface area contributed by atoms with Gasteiger partial charge in [-0.3, -0.25) is 4.79 Å². The monoisotopic (exact) mass is 236 g/mol. The van der Waals surface area contributed by atoms with Crippen LogP contribution in [0.15, 0.2) is 24.3 Å². The predicted octanol–water partition coefficient (Wildman–Crippen LogP) is 1.61. The summed E-state index contributed by atoms with van der Waals surface area (Å²) in [4.78, 5) is 10.5. The highest BCUT2D eigenvalue weighted by Crippen LogP contribution is 2.17. The Bertz CT molecular complexity index is 349. The number of nitrogens with one attached hydrogen (secondary N) is 1. The lowest BCUT2D eigenvalue weighted by molar-refractivity contribution is -0.118. The minimum atomic E-state index is -0.345. The fourth-order valence-corrected chi connectivity index (χ4v) is 1.55. The van der Waals surface area contributed by atoms with Gasteiger partial charge in [0, 0.05) is 6.04 Å². The molecule has 1 aromatic carbocycles. The zero-order valence-corrected chi connectivity index (χ0v) is 10.4. The van der Waals surface area contributed by atoms with Crippen molar-refractivity contribution in [1.82, 2.24) is 5.32 Å². The van der Waals surface area contributed by atoms with Crippen LogP contribution in [-0.4, -0.2) is 19.1 Å². The highest BCUT2D eigenvalue weighted by Gasteiger charge is 2.03. The summed E-state index contributed by atoms with van der Waals surface area (Å²) in [5.74, 6) is 0.418. The van der Waals surface area contributed by atoms with E-state index in [0.29, 0.717) is 12.6 Å². The quantitative estimate of drug-likeness (QED) is 0.756. The molecule has 0 aliphatic carbocycles. The van der Waals surface area contributed by atoms with Crippen molar-refractivity contribution in [2.75, 3.05) is 13.2 Å². The summed E-state index contributed by atoms with van der Waals surface area (Å²) in [6, 6.07) is 8.19. The van der Waals surface area contributed by atoms with Crippen LogP contribution in [0.1, 0.15) is 31.9 Å². The molecule has 1 unspecified atom stereocenters. The summed E-state index contributed by atoms with van der Waals surface area (Å²) >= 11 is 0. The van der Waals surface area contributed by atoms with Crippen LogP contribution in [0.4, 0.5) is 0 Å². The Morgan fingerprint density at radius 1 is 1.41 bits per heavy atom. The van der Waals surface area contributed by atoms with Crippen LogP contribution in [0.5, 0.6) is 5.75 Å². The first-order chi connectivity index (χ1) is 8.13. The van der Waals surface area contributed by atoms with E-state index in [-0.39, 0.29) is 12.3 Å². The van der Waals surface area contributed by atoms with Gasteiger partial charge in [0.1, 0.15) is 5.75 Å². The van der Waals surface area contributed by atoms with Crippen molar-refractivity contribution >= 4 is 5.91 Å². The zero-order chi connectivity index (χ0) is 12.7. The third-order valence-electron chi connectivity index (χ3n) is 2.51. The number of amides is 1. The molecule has 0 aliphatic heterocycles. The number of hydrogen-bond donors (Lipinski definition) is 2. The molecule has 1 atom stereocenters. The predicted molar refractivity (Wildman–Crippen MR) is 67.8 cm³/mol. The van der Waals surface area contributed by atoms with E-state index in [1.165, 1.54) is 5.56 Å². The summed E-state index contributed by atoms with van der Waals surface area (Å²) < 4.78 is 5.39. The van der Waals surface area contributed by atoms with Crippen LogP contribution in [0.3, 0.4) is 0 Å². The molecule has 0 aromatic heterocycles. The molecule has 0 saturated heterocycles. The fourth-order valence-electron chi connectivity index (χ4n) is 1.55. The summed E-state index contributed by atoms with van der Waals surface area (Å²) in [6.45, 7) is 5.47. The lowest BCUT2D eigenvalue weighted by Gasteiger charge is -2.13. The molecule has 0 bridgehead atoms. The number of benzene rings is 1. The molecule has 0 fully saturated rings. The number of primary amides is 1. The second-order valence-electron chi connectivity index (χ2n) is 3.91. The van der Waals surface area contributed by atoms with Gasteiger partial charge in [-0.1, -0.05) is 19.1 Å². The highest BCUT2D eigenvalue weighted by molar-refractivity contribution is 5.73. The van der Waals surface area contributed by atoms with Crippen molar-refractivity contribution in [3.8, 4) is 5.75 Å². The zero-order valence-electron chi connectivity index (χ0n) is 10.4. The van der Waals surface area contributed by atoms with Crippen LogP contribution in [0, 0.1) is 0 Å². The molecule has 17 heavy (non-hydrogen) atoms. The van der Waals surface area contributed by atoms with E-state index in [4.69, 9.17) is 10.5 Å². The van der Waals surface area contributed by atoms with E-state index in [1.54, 1.807) is 0 Å². The number of nitrogens with two attached hydrogens (primary N) is 1. The van der Waals surface area contributed by atoms with E-state index in [2.05, 4.69) is 19.2 Å². The molecule has 1 amide bonds. The standard InChI is InChI=1S/C13H20N2O2/c1-3-15-10(2)11-4-6-12(7-5-11)17-9-8-13(14)16/h4-7,10,15H,3,8-9H2,1-2H3,(H2,14,16). The first kappa shape index (κ1) is 13.5. The molecule has 3 N–H and O–H groups in total. The van der Waals surface area contributed by atoms with Crippen molar-refractivity contribution in [3.63, 3.8) is 0 Å². The van der Waals surface area contributed by atoms with Crippen LogP contribution in [0.2, 0.25) is 0 Å². The topological polar surface area (TPSA) is 64.3 Å². The van der Waals surface area contributed by atoms with Gasteiger partial charge >= 0.3 is 0 Å². The molecule has 0 spiro atoms. The van der Waals surface area contributed by atoms with Gasteiger partial charge in [-0.2, -0.15) is 0 Å². The van der Waals surface area contributed by atoms with Gasteiger partial charge in [0.05, 0.1) is 13.0 Å². The summed E-state index contributed by atoms with van der Waals surface area (Å²) in [5, 5.41) is 3.34. The number of ether oxygens (including phenoxy) is 1. The number of carbonyl (C=O) groups is 1. The van der Waals surface area contributed by atoms with Gasteiger partial charge in [-0.25, -0.2) is 0 Å². The smallest absolute Gasteiger partial charge is 0.220 e. The third kappa shape index (κ3) is 4.87. The SMILES string of the molecule is CCNC(C)c1ccc(OCCC(N)=O)cc1. The Kier molecular flexibility index (Phi) is 5.49. The first-order valence-corrected chi connectivity index (χ1v) is 5.88. The Labute approximate surface area is 102 Å². The van der Waals surface area contributed by atoms with Gasteiger partial charge in [0.2, 0.25) is 5.91 Å². The van der Waals surface area contributed by atoms with Crippen molar-refractivity contribution in [1.29, 1.82) is 0 Å². The van der Waals surface area contributed by atoms with E-state index < -0.39 is 0 Å². The Balaban J connectivity index is 2.47. The fraction of sp³-hybridized carbons (Fsp3) is 0.462. The van der Waals surface area contributed by atoms with Crippen LogP contribution in [-0.2, 0) is 4.79 Å². The van der Waals surface area contributed by atoms with Crippen molar-refractivity contribution < 1.29 is 9.53 Å². The number of hydrogen-bond acceptors (Lipinski definition) is 3. The third-order valence-corrected chi connectivity index (χ3v) is 2.51. The Morgan fingerprint density at radius 2 is 2.06 bits per heavy atom. The maximum atomic E-state index is 10.5.